The molecule has 0 unspecified atom stereocenters. The van der Waals surface area contributed by atoms with Gasteiger partial charge in [-0.2, -0.15) is 0 Å². The van der Waals surface area contributed by atoms with Crippen LogP contribution in [0.25, 0.3) is 22.1 Å². The van der Waals surface area contributed by atoms with Crippen LogP contribution in [0.1, 0.15) is 16.9 Å². The van der Waals surface area contributed by atoms with Gasteiger partial charge >= 0.3 is 0 Å². The lowest BCUT2D eigenvalue weighted by atomic mass is 10.0. The fourth-order valence-corrected chi connectivity index (χ4v) is 4.81. The van der Waals surface area contributed by atoms with Crippen molar-refractivity contribution in [1.29, 1.82) is 0 Å². The first-order valence-electron chi connectivity index (χ1n) is 11.5. The zero-order chi connectivity index (χ0) is 23.7. The molecular formula is C28H27ClN2O3. The topological polar surface area (TPSA) is 56.9 Å². The monoisotopic (exact) mass is 474 g/mol. The number of hydrogen-bond donors (Lipinski definition) is 1. The lowest BCUT2D eigenvalue weighted by Gasteiger charge is -2.34. The quantitative estimate of drug-likeness (QED) is 0.417. The van der Waals surface area contributed by atoms with Crippen LogP contribution >= 0.6 is 11.6 Å². The van der Waals surface area contributed by atoms with E-state index in [9.17, 15) is 9.90 Å². The van der Waals surface area contributed by atoms with Gasteiger partial charge in [-0.1, -0.05) is 54.1 Å². The van der Waals surface area contributed by atoms with Gasteiger partial charge < -0.3 is 9.52 Å². The van der Waals surface area contributed by atoms with E-state index in [1.807, 2.05) is 18.2 Å². The third kappa shape index (κ3) is 4.60. The Morgan fingerprint density at radius 3 is 2.21 bits per heavy atom. The number of halogens is 1. The highest BCUT2D eigenvalue weighted by molar-refractivity contribution is 6.30. The minimum Gasteiger partial charge on any atom is -0.507 e. The molecule has 5 rings (SSSR count). The first-order valence-corrected chi connectivity index (χ1v) is 11.9. The predicted octanol–water partition coefficient (Wildman–Crippen LogP) is 5.45. The summed E-state index contributed by atoms with van der Waals surface area (Å²) in [6, 6.07) is 20.9. The molecule has 1 aliphatic heterocycles. The Kier molecular flexibility index (Phi) is 6.42. The highest BCUT2D eigenvalue weighted by Gasteiger charge is 2.22. The summed E-state index contributed by atoms with van der Waals surface area (Å²) in [5.74, 6) is 0.681. The molecule has 4 aromatic rings. The van der Waals surface area contributed by atoms with Gasteiger partial charge in [0.05, 0.1) is 16.5 Å². The van der Waals surface area contributed by atoms with Crippen molar-refractivity contribution in [1.82, 2.24) is 9.80 Å². The molecule has 1 aliphatic rings. The van der Waals surface area contributed by atoms with Crippen LogP contribution < -0.4 is 5.43 Å². The van der Waals surface area contributed by atoms with Crippen LogP contribution in [0.4, 0.5) is 0 Å². The zero-order valence-electron chi connectivity index (χ0n) is 19.1. The Hall–Kier alpha value is -3.12. The van der Waals surface area contributed by atoms with E-state index in [2.05, 4.69) is 34.1 Å². The van der Waals surface area contributed by atoms with Gasteiger partial charge in [-0.3, -0.25) is 14.6 Å². The number of benzene rings is 3. The highest BCUT2D eigenvalue weighted by atomic mass is 35.5. The number of aromatic hydroxyl groups is 1. The van der Waals surface area contributed by atoms with Crippen molar-refractivity contribution in [2.75, 3.05) is 26.2 Å². The Morgan fingerprint density at radius 2 is 1.53 bits per heavy atom. The molecule has 5 nitrogen and oxygen atoms in total. The smallest absolute Gasteiger partial charge is 0.200 e. The fourth-order valence-electron chi connectivity index (χ4n) is 4.69. The van der Waals surface area contributed by atoms with Crippen molar-refractivity contribution < 1.29 is 9.52 Å². The van der Waals surface area contributed by atoms with Crippen LogP contribution in [0.15, 0.2) is 75.9 Å². The van der Waals surface area contributed by atoms with Crippen LogP contribution in [-0.2, 0) is 13.1 Å². The van der Waals surface area contributed by atoms with Gasteiger partial charge in [-0.05, 0) is 42.3 Å². The maximum absolute atomic E-state index is 13.4. The first-order chi connectivity index (χ1) is 16.5. The Balaban J connectivity index is 1.39. The van der Waals surface area contributed by atoms with Gasteiger partial charge in [0.15, 0.2) is 0 Å². The van der Waals surface area contributed by atoms with E-state index >= 15 is 0 Å². The molecule has 0 aliphatic carbocycles. The Bertz CT molecular complexity index is 1360. The second-order valence-corrected chi connectivity index (χ2v) is 9.28. The van der Waals surface area contributed by atoms with Crippen LogP contribution in [-0.4, -0.2) is 41.1 Å². The molecule has 3 aromatic carbocycles. The number of nitrogens with zero attached hydrogens (tertiary/aromatic N) is 2. The lowest BCUT2D eigenvalue weighted by molar-refractivity contribution is 0.121. The number of phenols is 1. The van der Waals surface area contributed by atoms with Crippen LogP contribution in [0.5, 0.6) is 5.75 Å². The molecule has 0 saturated carbocycles. The van der Waals surface area contributed by atoms with Crippen molar-refractivity contribution >= 4 is 22.6 Å². The standard InChI is InChI=1S/C28H27ClN2O3/c1-19-26(21-7-9-22(29)10-8-21)27(33)23-11-12-25(32)24(28(23)34-19)18-31-15-13-30(14-16-31)17-20-5-3-2-4-6-20/h2-12,32H,13-18H2,1H3. The molecule has 34 heavy (non-hydrogen) atoms. The normalized spacial score (nSPS) is 15.1. The molecule has 174 valence electrons. The molecular weight excluding hydrogens is 448 g/mol. The van der Waals surface area contributed by atoms with Crippen LogP contribution in [0.2, 0.25) is 5.02 Å². The minimum absolute atomic E-state index is 0.102. The van der Waals surface area contributed by atoms with Crippen LogP contribution in [0, 0.1) is 6.92 Å². The average Bonchev–Trinajstić information content (AvgIpc) is 2.84. The number of fused-ring (bicyclic) bond motifs is 1. The minimum atomic E-state index is -0.102. The summed E-state index contributed by atoms with van der Waals surface area (Å²) in [5, 5.41) is 11.8. The van der Waals surface area contributed by atoms with Crippen LogP contribution in [0.3, 0.4) is 0 Å². The van der Waals surface area contributed by atoms with E-state index in [0.717, 1.165) is 38.3 Å². The molecule has 1 N–H and O–H groups in total. The average molecular weight is 475 g/mol. The molecule has 1 fully saturated rings. The number of hydrogen-bond acceptors (Lipinski definition) is 5. The van der Waals surface area contributed by atoms with E-state index in [1.54, 1.807) is 31.2 Å². The third-order valence-corrected chi connectivity index (χ3v) is 6.80. The highest BCUT2D eigenvalue weighted by Crippen LogP contribution is 2.31. The van der Waals surface area contributed by atoms with Crippen molar-refractivity contribution in [2.24, 2.45) is 0 Å². The van der Waals surface area contributed by atoms with E-state index in [0.29, 0.717) is 39.4 Å². The largest absolute Gasteiger partial charge is 0.507 e. The number of aryl methyl sites for hydroxylation is 1. The second kappa shape index (κ2) is 9.63. The van der Waals surface area contributed by atoms with E-state index in [4.69, 9.17) is 16.0 Å². The van der Waals surface area contributed by atoms with E-state index < -0.39 is 0 Å². The first kappa shape index (κ1) is 22.7. The number of phenolic OH excluding ortho intramolecular Hbond substituents is 1. The third-order valence-electron chi connectivity index (χ3n) is 6.54. The molecule has 0 atom stereocenters. The van der Waals surface area contributed by atoms with Gasteiger partial charge in [0, 0.05) is 44.3 Å². The summed E-state index contributed by atoms with van der Waals surface area (Å²) < 4.78 is 6.18. The van der Waals surface area contributed by atoms with Crippen molar-refractivity contribution in [2.45, 2.75) is 20.0 Å². The van der Waals surface area contributed by atoms with E-state index in [1.165, 1.54) is 5.56 Å². The van der Waals surface area contributed by atoms with Crippen molar-refractivity contribution in [3.63, 3.8) is 0 Å². The number of piperazine rings is 1. The summed E-state index contributed by atoms with van der Waals surface area (Å²) in [6.45, 7) is 6.93. The number of rotatable bonds is 5. The van der Waals surface area contributed by atoms with Gasteiger partial charge in [0.1, 0.15) is 17.1 Å². The summed E-state index contributed by atoms with van der Waals surface area (Å²) in [6.07, 6.45) is 0. The molecule has 0 amide bonds. The summed E-state index contributed by atoms with van der Waals surface area (Å²) in [7, 11) is 0. The van der Waals surface area contributed by atoms with Gasteiger partial charge in [-0.15, -0.1) is 0 Å². The Labute approximate surface area is 203 Å². The zero-order valence-corrected chi connectivity index (χ0v) is 19.9. The van der Waals surface area contributed by atoms with E-state index in [-0.39, 0.29) is 11.2 Å². The predicted molar refractivity (Wildman–Crippen MR) is 136 cm³/mol. The summed E-state index contributed by atoms with van der Waals surface area (Å²) >= 11 is 6.02. The molecule has 0 bridgehead atoms. The molecule has 2 heterocycles. The lowest BCUT2D eigenvalue weighted by Crippen LogP contribution is -2.45. The van der Waals surface area contributed by atoms with Gasteiger partial charge in [-0.25, -0.2) is 0 Å². The van der Waals surface area contributed by atoms with Gasteiger partial charge in [0.2, 0.25) is 5.43 Å². The molecule has 0 spiro atoms. The molecule has 1 aromatic heterocycles. The summed E-state index contributed by atoms with van der Waals surface area (Å²) in [4.78, 5) is 18.2. The molecule has 0 radical (unpaired) electrons. The second-order valence-electron chi connectivity index (χ2n) is 8.85. The van der Waals surface area contributed by atoms with Gasteiger partial charge in [0.25, 0.3) is 0 Å². The summed E-state index contributed by atoms with van der Waals surface area (Å²) in [5.41, 5.74) is 3.63. The molecule has 6 heteroatoms. The Morgan fingerprint density at radius 1 is 0.882 bits per heavy atom. The van der Waals surface area contributed by atoms with Crippen molar-refractivity contribution in [3.8, 4) is 16.9 Å². The fraction of sp³-hybridized carbons (Fsp3) is 0.250. The SMILES string of the molecule is Cc1oc2c(CN3CCN(Cc4ccccc4)CC3)c(O)ccc2c(=O)c1-c1ccc(Cl)cc1. The molecule has 1 saturated heterocycles. The maximum atomic E-state index is 13.4. The maximum Gasteiger partial charge on any atom is 0.200 e. The van der Waals surface area contributed by atoms with Crippen molar-refractivity contribution in [3.05, 3.63) is 98.9 Å².